The number of rotatable bonds is 1. The Hall–Kier alpha value is -1.44. The Morgan fingerprint density at radius 3 is 2.87 bits per heavy atom. The predicted octanol–water partition coefficient (Wildman–Crippen LogP) is 3.04. The van der Waals surface area contributed by atoms with E-state index >= 15 is 0 Å². The molecule has 0 N–H and O–H groups in total. The lowest BCUT2D eigenvalue weighted by Gasteiger charge is -2.01. The predicted molar refractivity (Wildman–Crippen MR) is 59.8 cm³/mol. The summed E-state index contributed by atoms with van der Waals surface area (Å²) < 4.78 is 0. The minimum atomic E-state index is 0.451. The summed E-state index contributed by atoms with van der Waals surface area (Å²) in [7, 11) is 0. The molecular formula is C10H6ClN3S. The molecule has 3 nitrogen and oxygen atoms in total. The van der Waals surface area contributed by atoms with Crippen LogP contribution in [0.3, 0.4) is 0 Å². The van der Waals surface area contributed by atoms with Gasteiger partial charge in [-0.05, 0) is 19.1 Å². The Labute approximate surface area is 96.0 Å². The third kappa shape index (κ3) is 1.84. The van der Waals surface area contributed by atoms with E-state index in [-0.39, 0.29) is 0 Å². The lowest BCUT2D eigenvalue weighted by molar-refractivity contribution is 1.14. The van der Waals surface area contributed by atoms with Gasteiger partial charge in [0.1, 0.15) is 22.4 Å². The molecule has 0 unspecified atom stereocenters. The van der Waals surface area contributed by atoms with Gasteiger partial charge in [-0.1, -0.05) is 11.6 Å². The summed E-state index contributed by atoms with van der Waals surface area (Å²) in [6.45, 7) is 1.86. The van der Waals surface area contributed by atoms with Crippen LogP contribution in [-0.4, -0.2) is 9.97 Å². The van der Waals surface area contributed by atoms with Gasteiger partial charge in [-0.2, -0.15) is 5.26 Å². The normalized spacial score (nSPS) is 9.93. The van der Waals surface area contributed by atoms with Gasteiger partial charge >= 0.3 is 0 Å². The fourth-order valence-corrected chi connectivity index (χ4v) is 2.19. The first-order chi connectivity index (χ1) is 7.22. The molecule has 0 aliphatic rings. The summed E-state index contributed by atoms with van der Waals surface area (Å²) in [5.41, 5.74) is 1.63. The number of nitriles is 1. The highest BCUT2D eigenvalue weighted by Gasteiger charge is 2.09. The van der Waals surface area contributed by atoms with Gasteiger partial charge in [-0.15, -0.1) is 11.3 Å². The first-order valence-corrected chi connectivity index (χ1v) is 5.39. The minimum absolute atomic E-state index is 0.451. The molecule has 0 aliphatic carbocycles. The first-order valence-electron chi connectivity index (χ1n) is 4.20. The van der Waals surface area contributed by atoms with E-state index in [1.165, 1.54) is 17.7 Å². The summed E-state index contributed by atoms with van der Waals surface area (Å²) in [4.78, 5) is 9.65. The van der Waals surface area contributed by atoms with Gasteiger partial charge in [0.15, 0.2) is 0 Å². The van der Waals surface area contributed by atoms with Crippen LogP contribution in [0.2, 0.25) is 5.15 Å². The third-order valence-electron chi connectivity index (χ3n) is 1.97. The molecule has 2 rings (SSSR count). The molecule has 0 fully saturated rings. The fraction of sp³-hybridized carbons (Fsp3) is 0.100. The molecule has 2 heterocycles. The highest BCUT2D eigenvalue weighted by atomic mass is 35.5. The van der Waals surface area contributed by atoms with Crippen molar-refractivity contribution < 1.29 is 0 Å². The number of hydrogen-bond donors (Lipinski definition) is 0. The van der Waals surface area contributed by atoms with Gasteiger partial charge in [-0.25, -0.2) is 9.97 Å². The standard InChI is InChI=1S/C10H6ClN3S/c1-6-9(13-5-14-10(6)11)8-3-2-7(4-12)15-8/h2-3,5H,1H3. The maximum atomic E-state index is 8.72. The monoisotopic (exact) mass is 235 g/mol. The van der Waals surface area contributed by atoms with Crippen LogP contribution in [0.15, 0.2) is 18.5 Å². The van der Waals surface area contributed by atoms with Crippen LogP contribution >= 0.6 is 22.9 Å². The molecule has 0 atom stereocenters. The fourth-order valence-electron chi connectivity index (χ4n) is 1.20. The van der Waals surface area contributed by atoms with Crippen molar-refractivity contribution in [3.63, 3.8) is 0 Å². The summed E-state index contributed by atoms with van der Waals surface area (Å²) >= 11 is 7.29. The zero-order valence-electron chi connectivity index (χ0n) is 7.86. The molecule has 0 spiro atoms. The smallest absolute Gasteiger partial charge is 0.135 e. The average molecular weight is 236 g/mol. The second kappa shape index (κ2) is 3.97. The van der Waals surface area contributed by atoms with Crippen LogP contribution in [-0.2, 0) is 0 Å². The molecule has 2 aromatic rings. The van der Waals surface area contributed by atoms with Crippen molar-refractivity contribution in [2.75, 3.05) is 0 Å². The number of nitrogens with zero attached hydrogens (tertiary/aromatic N) is 3. The molecule has 0 aliphatic heterocycles. The number of halogens is 1. The SMILES string of the molecule is Cc1c(Cl)ncnc1-c1ccc(C#N)s1. The summed E-state index contributed by atoms with van der Waals surface area (Å²) in [6.07, 6.45) is 1.43. The average Bonchev–Trinajstić information content (AvgIpc) is 2.70. The Balaban J connectivity index is 2.55. The molecule has 0 aromatic carbocycles. The third-order valence-corrected chi connectivity index (χ3v) is 3.35. The molecule has 0 radical (unpaired) electrons. The summed E-state index contributed by atoms with van der Waals surface area (Å²) in [5, 5.41) is 9.17. The van der Waals surface area contributed by atoms with Crippen LogP contribution in [0.4, 0.5) is 0 Å². The first kappa shape index (κ1) is 10.1. The molecule has 0 amide bonds. The van der Waals surface area contributed by atoms with Gasteiger partial charge < -0.3 is 0 Å². The maximum absolute atomic E-state index is 8.72. The highest BCUT2D eigenvalue weighted by Crippen LogP contribution is 2.30. The van der Waals surface area contributed by atoms with E-state index in [0.717, 1.165) is 16.1 Å². The zero-order chi connectivity index (χ0) is 10.8. The van der Waals surface area contributed by atoms with E-state index in [1.54, 1.807) is 6.07 Å². The topological polar surface area (TPSA) is 49.6 Å². The van der Waals surface area contributed by atoms with E-state index < -0.39 is 0 Å². The lowest BCUT2D eigenvalue weighted by Crippen LogP contribution is -1.89. The van der Waals surface area contributed by atoms with Crippen LogP contribution in [0, 0.1) is 18.3 Å². The summed E-state index contributed by atoms with van der Waals surface area (Å²) in [5.74, 6) is 0. The van der Waals surface area contributed by atoms with Gasteiger partial charge in [0.25, 0.3) is 0 Å². The van der Waals surface area contributed by atoms with E-state index in [9.17, 15) is 0 Å². The van der Waals surface area contributed by atoms with E-state index in [0.29, 0.717) is 10.0 Å². The molecule has 0 saturated heterocycles. The summed E-state index contributed by atoms with van der Waals surface area (Å²) in [6, 6.07) is 5.74. The van der Waals surface area contributed by atoms with E-state index in [2.05, 4.69) is 16.0 Å². The van der Waals surface area contributed by atoms with E-state index in [4.69, 9.17) is 16.9 Å². The molecular weight excluding hydrogens is 230 g/mol. The van der Waals surface area contributed by atoms with Crippen molar-refractivity contribution in [1.82, 2.24) is 9.97 Å². The molecule has 0 bridgehead atoms. The molecule has 74 valence electrons. The van der Waals surface area contributed by atoms with Crippen molar-refractivity contribution >= 4 is 22.9 Å². The zero-order valence-corrected chi connectivity index (χ0v) is 9.43. The van der Waals surface area contributed by atoms with Crippen molar-refractivity contribution in [2.45, 2.75) is 6.92 Å². The maximum Gasteiger partial charge on any atom is 0.135 e. The molecule has 5 heteroatoms. The Morgan fingerprint density at radius 2 is 2.20 bits per heavy atom. The Bertz CT molecular complexity index is 542. The van der Waals surface area contributed by atoms with Gasteiger partial charge in [0.05, 0.1) is 10.6 Å². The van der Waals surface area contributed by atoms with Gasteiger partial charge in [0.2, 0.25) is 0 Å². The largest absolute Gasteiger partial charge is 0.235 e. The minimum Gasteiger partial charge on any atom is -0.235 e. The molecule has 2 aromatic heterocycles. The molecule has 0 saturated carbocycles. The van der Waals surface area contributed by atoms with Gasteiger partial charge in [0, 0.05) is 5.56 Å². The van der Waals surface area contributed by atoms with Crippen LogP contribution in [0.5, 0.6) is 0 Å². The second-order valence-electron chi connectivity index (χ2n) is 2.91. The van der Waals surface area contributed by atoms with Crippen LogP contribution < -0.4 is 0 Å². The van der Waals surface area contributed by atoms with Crippen molar-refractivity contribution in [3.05, 3.63) is 34.1 Å². The van der Waals surface area contributed by atoms with Crippen LogP contribution in [0.1, 0.15) is 10.4 Å². The Morgan fingerprint density at radius 1 is 1.40 bits per heavy atom. The number of aromatic nitrogens is 2. The second-order valence-corrected chi connectivity index (χ2v) is 4.36. The van der Waals surface area contributed by atoms with Crippen molar-refractivity contribution in [1.29, 1.82) is 5.26 Å². The number of thiophene rings is 1. The lowest BCUT2D eigenvalue weighted by atomic mass is 10.2. The van der Waals surface area contributed by atoms with Crippen molar-refractivity contribution in [3.8, 4) is 16.6 Å². The molecule has 15 heavy (non-hydrogen) atoms. The highest BCUT2D eigenvalue weighted by molar-refractivity contribution is 7.16. The van der Waals surface area contributed by atoms with Crippen LogP contribution in [0.25, 0.3) is 10.6 Å². The van der Waals surface area contributed by atoms with E-state index in [1.807, 2.05) is 13.0 Å². The van der Waals surface area contributed by atoms with Crippen molar-refractivity contribution in [2.24, 2.45) is 0 Å². The number of hydrogen-bond acceptors (Lipinski definition) is 4. The quantitative estimate of drug-likeness (QED) is 0.714. The van der Waals surface area contributed by atoms with Gasteiger partial charge in [-0.3, -0.25) is 0 Å². The Kier molecular flexibility index (Phi) is 2.67.